The molecular weight excluding hydrogens is 807 g/mol. The second-order valence-electron chi connectivity index (χ2n) is 15.3. The van der Waals surface area contributed by atoms with Crippen molar-refractivity contribution < 1.29 is 22.4 Å². The number of nitrogens with zero attached hydrogens (tertiary/aromatic N) is 5. The van der Waals surface area contributed by atoms with E-state index in [0.29, 0.717) is 23.7 Å². The summed E-state index contributed by atoms with van der Waals surface area (Å²) in [5.74, 6) is 3.37. The number of rotatable bonds is 6. The Morgan fingerprint density at radius 2 is 0.863 bits per heavy atom. The Kier molecular flexibility index (Phi) is 11.6. The van der Waals surface area contributed by atoms with Gasteiger partial charge in [-0.05, 0) is 84.4 Å². The fourth-order valence-corrected chi connectivity index (χ4v) is 7.53. The van der Waals surface area contributed by atoms with E-state index in [2.05, 4.69) is 160 Å². The van der Waals surface area contributed by atoms with Crippen LogP contribution in [0.25, 0.3) is 21.8 Å². The van der Waals surface area contributed by atoms with Gasteiger partial charge >= 0.3 is 0 Å². The van der Waals surface area contributed by atoms with Crippen LogP contribution >= 0.6 is 0 Å². The van der Waals surface area contributed by atoms with E-state index < -0.39 is 0 Å². The molecule has 1 aliphatic rings. The maximum Gasteiger partial charge on any atom is 0.145 e. The minimum Gasteiger partial charge on any atom is -0.656 e. The van der Waals surface area contributed by atoms with Crippen molar-refractivity contribution in [2.45, 2.75) is 107 Å². The third kappa shape index (κ3) is 7.26. The zero-order valence-corrected chi connectivity index (χ0v) is 34.5. The van der Waals surface area contributed by atoms with Crippen molar-refractivity contribution in [2.24, 2.45) is 0 Å². The van der Waals surface area contributed by atoms with Crippen LogP contribution in [0.3, 0.4) is 0 Å². The second-order valence-corrected chi connectivity index (χ2v) is 15.3. The van der Waals surface area contributed by atoms with E-state index in [0.717, 1.165) is 22.7 Å². The first-order valence-electron chi connectivity index (χ1n) is 18.2. The van der Waals surface area contributed by atoms with Crippen LogP contribution in [0.5, 0.6) is 0 Å². The van der Waals surface area contributed by atoms with Gasteiger partial charge in [-0.2, -0.15) is 0 Å². The number of hydrogen-bond acceptors (Lipinski definition) is 4. The molecule has 0 bridgehead atoms. The molecule has 0 saturated heterocycles. The van der Waals surface area contributed by atoms with Gasteiger partial charge in [-0.3, -0.25) is 0 Å². The van der Waals surface area contributed by atoms with Gasteiger partial charge < -0.3 is 14.8 Å². The maximum atomic E-state index is 4.83. The molecule has 6 aromatic rings. The fourth-order valence-electron chi connectivity index (χ4n) is 7.53. The molecule has 0 unspecified atom stereocenters. The number of aryl methyl sites for hydroxylation is 4. The van der Waals surface area contributed by atoms with Gasteiger partial charge in [0.1, 0.15) is 11.6 Å². The van der Waals surface area contributed by atoms with Gasteiger partial charge in [-0.15, -0.1) is 17.7 Å². The molecule has 271 valence electrons. The van der Waals surface area contributed by atoms with E-state index in [1.54, 1.807) is 12.4 Å². The van der Waals surface area contributed by atoms with Crippen molar-refractivity contribution in [1.82, 2.24) is 15.0 Å². The summed E-state index contributed by atoms with van der Waals surface area (Å²) in [6, 6.07) is 22.3. The molecule has 3 heterocycles. The summed E-state index contributed by atoms with van der Waals surface area (Å²) in [4.78, 5) is 19.0. The van der Waals surface area contributed by atoms with Crippen LogP contribution in [0, 0.1) is 34.4 Å². The average molecular weight is 861 g/mol. The molecule has 1 aliphatic heterocycles. The first kappa shape index (κ1) is 38.3. The molecule has 0 aliphatic carbocycles. The molecule has 7 rings (SSSR count). The van der Waals surface area contributed by atoms with Gasteiger partial charge in [0.25, 0.3) is 0 Å². The van der Waals surface area contributed by atoms with Crippen molar-refractivity contribution >= 4 is 44.8 Å². The summed E-state index contributed by atoms with van der Waals surface area (Å²) in [5, 5.41) is 2.59. The van der Waals surface area contributed by atoms with Crippen molar-refractivity contribution in [3.8, 4) is 0 Å². The van der Waals surface area contributed by atoms with Gasteiger partial charge in [-0.25, -0.2) is 9.97 Å². The van der Waals surface area contributed by atoms with Crippen LogP contribution in [0.2, 0.25) is 0 Å². The van der Waals surface area contributed by atoms with Gasteiger partial charge in [0.05, 0.1) is 0 Å². The van der Waals surface area contributed by atoms with E-state index in [-0.39, 0.29) is 22.4 Å². The van der Waals surface area contributed by atoms with E-state index in [9.17, 15) is 0 Å². The minimum atomic E-state index is 0. The fraction of sp³-hybridized carbons (Fsp3) is 0.356. The Labute approximate surface area is 321 Å². The standard InChI is InChI=1S/C29H37N4.C16H16N.Au/c1-18(2)22-11-9-12-23(19(3)4)26(22)32-17-33(29-28(32)30-15-16-31-29)27-24(20(5)6)13-10-14-25(27)21(7)8;1-9-5-11(3)15-13(7-9)14-8-10(2)6-12(4)16(14)17-15;/h9-21H,1-8H3;5-8H,1-4H3;/q2*-1;. The minimum absolute atomic E-state index is 0. The van der Waals surface area contributed by atoms with Gasteiger partial charge in [-0.1, -0.05) is 138 Å². The predicted molar refractivity (Wildman–Crippen MR) is 214 cm³/mol. The molecule has 0 amide bonds. The number of fused-ring (bicyclic) bond motifs is 4. The van der Waals surface area contributed by atoms with E-state index in [1.165, 1.54) is 66.7 Å². The SMILES string of the molecule is CC(C)c1cccc(C(C)C)c1N1[CH-]N(c2c(C(C)C)cccc2C(C)C)c2nccnc21.Cc1cc(C)c2[n-]c3c(C)cc(C)cc3c2c1.[Au]. The van der Waals surface area contributed by atoms with Crippen LogP contribution in [-0.4, -0.2) is 9.97 Å². The van der Waals surface area contributed by atoms with Gasteiger partial charge in [0, 0.05) is 46.1 Å². The average Bonchev–Trinajstić information content (AvgIpc) is 3.63. The zero-order valence-electron chi connectivity index (χ0n) is 32.4. The molecule has 0 atom stereocenters. The van der Waals surface area contributed by atoms with Crippen LogP contribution in [0.4, 0.5) is 23.0 Å². The molecule has 51 heavy (non-hydrogen) atoms. The third-order valence-corrected chi connectivity index (χ3v) is 9.92. The topological polar surface area (TPSA) is 46.4 Å². The van der Waals surface area contributed by atoms with Crippen molar-refractivity contribution in [3.05, 3.63) is 124 Å². The summed E-state index contributed by atoms with van der Waals surface area (Å²) in [6.45, 7) is 28.9. The van der Waals surface area contributed by atoms with Crippen molar-refractivity contribution in [2.75, 3.05) is 9.80 Å². The molecule has 5 nitrogen and oxygen atoms in total. The van der Waals surface area contributed by atoms with Crippen LogP contribution in [-0.2, 0) is 22.4 Å². The van der Waals surface area contributed by atoms with E-state index in [1.807, 2.05) is 0 Å². The summed E-state index contributed by atoms with van der Waals surface area (Å²) >= 11 is 0. The number of hydrogen-bond donors (Lipinski definition) is 0. The van der Waals surface area contributed by atoms with Crippen LogP contribution in [0.1, 0.15) is 124 Å². The summed E-state index contributed by atoms with van der Waals surface area (Å²) in [6.07, 6.45) is 3.60. The third-order valence-electron chi connectivity index (χ3n) is 9.92. The van der Waals surface area contributed by atoms with Crippen molar-refractivity contribution in [1.29, 1.82) is 0 Å². The number of benzene rings is 4. The van der Waals surface area contributed by atoms with Gasteiger partial charge in [0.15, 0.2) is 0 Å². The van der Waals surface area contributed by atoms with Gasteiger partial charge in [0.2, 0.25) is 0 Å². The molecular formula is C45H53AuN5-2. The molecule has 4 aromatic carbocycles. The second kappa shape index (κ2) is 15.4. The summed E-state index contributed by atoms with van der Waals surface area (Å²) in [5.41, 5.74) is 15.3. The Morgan fingerprint density at radius 3 is 1.18 bits per heavy atom. The normalized spacial score (nSPS) is 12.7. The predicted octanol–water partition coefficient (Wildman–Crippen LogP) is 12.6. The zero-order chi connectivity index (χ0) is 36.0. The quantitative estimate of drug-likeness (QED) is 0.123. The summed E-state index contributed by atoms with van der Waals surface area (Å²) < 4.78 is 0. The van der Waals surface area contributed by atoms with Crippen molar-refractivity contribution in [3.63, 3.8) is 0 Å². The Bertz CT molecular complexity index is 1970. The van der Waals surface area contributed by atoms with Crippen LogP contribution in [0.15, 0.2) is 73.1 Å². The number of aromatic nitrogens is 3. The molecule has 6 heteroatoms. The Hall–Kier alpha value is -3.90. The van der Waals surface area contributed by atoms with E-state index in [4.69, 9.17) is 15.0 Å². The molecule has 0 spiro atoms. The molecule has 2 aromatic heterocycles. The first-order chi connectivity index (χ1) is 23.8. The Morgan fingerprint density at radius 1 is 0.529 bits per heavy atom. The first-order valence-corrected chi connectivity index (χ1v) is 18.2. The maximum absolute atomic E-state index is 4.83. The molecule has 1 radical (unpaired) electrons. The molecule has 0 N–H and O–H groups in total. The molecule has 0 saturated carbocycles. The molecule has 0 fully saturated rings. The Balaban J connectivity index is 0.000000235. The monoisotopic (exact) mass is 860 g/mol. The number of para-hydroxylation sites is 2. The smallest absolute Gasteiger partial charge is 0.145 e. The number of anilines is 4. The van der Waals surface area contributed by atoms with E-state index >= 15 is 0 Å². The summed E-state index contributed by atoms with van der Waals surface area (Å²) in [7, 11) is 0. The largest absolute Gasteiger partial charge is 0.656 e. The van der Waals surface area contributed by atoms with Crippen LogP contribution < -0.4 is 14.8 Å².